The summed E-state index contributed by atoms with van der Waals surface area (Å²) in [6, 6.07) is 11.0. The topological polar surface area (TPSA) is 61.7 Å². The lowest BCUT2D eigenvalue weighted by atomic mass is 10.1. The molecule has 0 heterocycles. The molecule has 130 valence electrons. The summed E-state index contributed by atoms with van der Waals surface area (Å²) in [7, 11) is 0. The van der Waals surface area contributed by atoms with Crippen molar-refractivity contribution in [2.24, 2.45) is 5.10 Å². The predicted molar refractivity (Wildman–Crippen MR) is 102 cm³/mol. The number of phenols is 1. The molecule has 1 aliphatic carbocycles. The van der Waals surface area contributed by atoms with E-state index in [9.17, 15) is 9.90 Å². The fraction of sp³-hybridized carbons (Fsp3) is 0.333. The van der Waals surface area contributed by atoms with Crippen molar-refractivity contribution in [3.8, 4) is 5.75 Å². The van der Waals surface area contributed by atoms with Gasteiger partial charge >= 0.3 is 0 Å². The van der Waals surface area contributed by atoms with Crippen LogP contribution in [0.15, 0.2) is 53.1 Å². The van der Waals surface area contributed by atoms with Crippen LogP contribution in [0.1, 0.15) is 55.8 Å². The van der Waals surface area contributed by atoms with Gasteiger partial charge in [-0.15, -0.1) is 0 Å². The Bertz CT molecular complexity index is 837. The fourth-order valence-electron chi connectivity index (χ4n) is 3.19. The predicted octanol–water partition coefficient (Wildman–Crippen LogP) is 4.93. The molecule has 3 rings (SSSR count). The molecule has 1 amide bonds. The van der Waals surface area contributed by atoms with E-state index in [1.807, 2.05) is 24.3 Å². The van der Waals surface area contributed by atoms with Crippen LogP contribution in [0, 0.1) is 0 Å². The Morgan fingerprint density at radius 2 is 1.96 bits per heavy atom. The highest BCUT2D eigenvalue weighted by Crippen LogP contribution is 2.25. The van der Waals surface area contributed by atoms with Gasteiger partial charge in [0.1, 0.15) is 5.75 Å². The fourth-order valence-corrected chi connectivity index (χ4v) is 3.19. The quantitative estimate of drug-likeness (QED) is 0.580. The van der Waals surface area contributed by atoms with Gasteiger partial charge in [0.25, 0.3) is 5.91 Å². The molecule has 2 aromatic rings. The number of nitrogens with one attached hydrogen (secondary N) is 1. The lowest BCUT2D eigenvalue weighted by Gasteiger charge is -2.08. The van der Waals surface area contributed by atoms with Crippen LogP contribution in [-0.4, -0.2) is 16.7 Å². The van der Waals surface area contributed by atoms with E-state index in [1.54, 1.807) is 12.1 Å². The first-order valence-electron chi connectivity index (χ1n) is 8.97. The number of hydrazone groups is 1. The maximum atomic E-state index is 12.4. The number of phenolic OH excluding ortho intramolecular Hbond substituents is 1. The summed E-state index contributed by atoms with van der Waals surface area (Å²) in [5, 5.41) is 16.3. The van der Waals surface area contributed by atoms with Crippen LogP contribution >= 0.6 is 0 Å². The third-order valence-corrected chi connectivity index (χ3v) is 4.59. The lowest BCUT2D eigenvalue weighted by molar-refractivity contribution is 0.0952. The average molecular weight is 336 g/mol. The molecular formula is C21H24N2O2. The van der Waals surface area contributed by atoms with Crippen LogP contribution < -0.4 is 5.43 Å². The lowest BCUT2D eigenvalue weighted by Crippen LogP contribution is -2.20. The van der Waals surface area contributed by atoms with Gasteiger partial charge in [0, 0.05) is 0 Å². The maximum absolute atomic E-state index is 12.4. The molecule has 25 heavy (non-hydrogen) atoms. The largest absolute Gasteiger partial charge is 0.507 e. The molecule has 0 unspecified atom stereocenters. The number of aromatic hydroxyl groups is 1. The van der Waals surface area contributed by atoms with Gasteiger partial charge in [0.05, 0.1) is 11.3 Å². The summed E-state index contributed by atoms with van der Waals surface area (Å²) in [6.07, 6.45) is 8.64. The molecule has 0 aromatic heterocycles. The van der Waals surface area contributed by atoms with E-state index in [0.717, 1.165) is 42.2 Å². The van der Waals surface area contributed by atoms with Crippen molar-refractivity contribution in [3.63, 3.8) is 0 Å². The number of amides is 1. The van der Waals surface area contributed by atoms with E-state index >= 15 is 0 Å². The van der Waals surface area contributed by atoms with Crippen molar-refractivity contribution in [3.05, 3.63) is 53.6 Å². The minimum Gasteiger partial charge on any atom is -0.507 e. The number of unbranched alkanes of at least 4 members (excludes halogenated alkanes) is 2. The van der Waals surface area contributed by atoms with Crippen LogP contribution in [0.5, 0.6) is 5.75 Å². The monoisotopic (exact) mass is 336 g/mol. The molecule has 0 saturated carbocycles. The van der Waals surface area contributed by atoms with Crippen molar-refractivity contribution in [1.82, 2.24) is 5.43 Å². The van der Waals surface area contributed by atoms with Gasteiger partial charge in [0.15, 0.2) is 0 Å². The Balaban J connectivity index is 1.72. The zero-order chi connectivity index (χ0) is 17.6. The molecule has 4 heteroatoms. The van der Waals surface area contributed by atoms with Crippen LogP contribution in [0.2, 0.25) is 0 Å². The molecule has 0 aliphatic heterocycles. The Morgan fingerprint density at radius 1 is 1.20 bits per heavy atom. The van der Waals surface area contributed by atoms with Crippen LogP contribution in [-0.2, 0) is 0 Å². The van der Waals surface area contributed by atoms with Gasteiger partial charge in [0.2, 0.25) is 0 Å². The summed E-state index contributed by atoms with van der Waals surface area (Å²) in [5.41, 5.74) is 5.07. The molecule has 0 atom stereocenters. The zero-order valence-corrected chi connectivity index (χ0v) is 14.6. The number of carbonyl (C=O) groups excluding carboxylic acids is 1. The maximum Gasteiger partial charge on any atom is 0.275 e. The van der Waals surface area contributed by atoms with E-state index in [2.05, 4.69) is 23.5 Å². The second-order valence-electron chi connectivity index (χ2n) is 6.44. The van der Waals surface area contributed by atoms with Gasteiger partial charge in [-0.2, -0.15) is 5.10 Å². The number of benzene rings is 2. The normalized spacial score (nSPS) is 15.6. The first-order chi connectivity index (χ1) is 12.2. The SMILES string of the molecule is CCCCCC1=CCCC1=NNC(=O)c1cc2ccccc2cc1O. The van der Waals surface area contributed by atoms with E-state index < -0.39 is 0 Å². The second kappa shape index (κ2) is 7.97. The third-order valence-electron chi connectivity index (χ3n) is 4.59. The minimum atomic E-state index is -0.379. The molecule has 2 N–H and O–H groups in total. The average Bonchev–Trinajstić information content (AvgIpc) is 3.06. The van der Waals surface area contributed by atoms with E-state index in [-0.39, 0.29) is 17.2 Å². The third kappa shape index (κ3) is 4.08. The van der Waals surface area contributed by atoms with Crippen LogP contribution in [0.25, 0.3) is 10.8 Å². The van der Waals surface area contributed by atoms with Gasteiger partial charge in [-0.05, 0) is 54.2 Å². The minimum absolute atomic E-state index is 0.0264. The smallest absolute Gasteiger partial charge is 0.275 e. The van der Waals surface area contributed by atoms with Crippen LogP contribution in [0.4, 0.5) is 0 Å². The van der Waals surface area contributed by atoms with E-state index in [4.69, 9.17) is 0 Å². The molecule has 0 spiro atoms. The van der Waals surface area contributed by atoms with Crippen molar-refractivity contribution in [2.75, 3.05) is 0 Å². The Kier molecular flexibility index (Phi) is 5.49. The number of hydrogen-bond acceptors (Lipinski definition) is 3. The number of nitrogens with zero attached hydrogens (tertiary/aromatic N) is 1. The highest BCUT2D eigenvalue weighted by Gasteiger charge is 2.15. The number of fused-ring (bicyclic) bond motifs is 1. The Hall–Kier alpha value is -2.62. The molecule has 0 fully saturated rings. The number of rotatable bonds is 6. The van der Waals surface area contributed by atoms with Gasteiger partial charge in [-0.1, -0.05) is 50.1 Å². The Morgan fingerprint density at radius 3 is 2.72 bits per heavy atom. The summed E-state index contributed by atoms with van der Waals surface area (Å²) >= 11 is 0. The van der Waals surface area contributed by atoms with E-state index in [1.165, 1.54) is 18.4 Å². The molecule has 2 aromatic carbocycles. The molecular weight excluding hydrogens is 312 g/mol. The summed E-state index contributed by atoms with van der Waals surface area (Å²) in [5.74, 6) is -0.405. The number of hydrogen-bond donors (Lipinski definition) is 2. The first kappa shape index (κ1) is 17.2. The highest BCUT2D eigenvalue weighted by molar-refractivity contribution is 6.05. The van der Waals surface area contributed by atoms with Crippen molar-refractivity contribution in [1.29, 1.82) is 0 Å². The zero-order valence-electron chi connectivity index (χ0n) is 14.6. The van der Waals surface area contributed by atoms with Crippen molar-refractivity contribution < 1.29 is 9.90 Å². The summed E-state index contributed by atoms with van der Waals surface area (Å²) in [4.78, 5) is 12.4. The van der Waals surface area contributed by atoms with Crippen LogP contribution in [0.3, 0.4) is 0 Å². The molecule has 1 aliphatic rings. The summed E-state index contributed by atoms with van der Waals surface area (Å²) < 4.78 is 0. The van der Waals surface area contributed by atoms with E-state index in [0.29, 0.717) is 0 Å². The molecule has 0 bridgehead atoms. The summed E-state index contributed by atoms with van der Waals surface area (Å²) in [6.45, 7) is 2.19. The van der Waals surface area contributed by atoms with Gasteiger partial charge < -0.3 is 5.11 Å². The van der Waals surface area contributed by atoms with Crippen molar-refractivity contribution in [2.45, 2.75) is 45.4 Å². The molecule has 0 saturated heterocycles. The Labute approximate surface area is 148 Å². The van der Waals surface area contributed by atoms with Crippen molar-refractivity contribution >= 4 is 22.4 Å². The number of carbonyl (C=O) groups is 1. The van der Waals surface area contributed by atoms with Gasteiger partial charge in [-0.25, -0.2) is 5.43 Å². The molecule has 4 nitrogen and oxygen atoms in total. The highest BCUT2D eigenvalue weighted by atomic mass is 16.3. The number of allylic oxidation sites excluding steroid dienone is 2. The molecule has 0 radical (unpaired) electrons. The van der Waals surface area contributed by atoms with Gasteiger partial charge in [-0.3, -0.25) is 4.79 Å². The first-order valence-corrected chi connectivity index (χ1v) is 8.97. The second-order valence-corrected chi connectivity index (χ2v) is 6.44. The standard InChI is InChI=1S/C21H24N2O2/c1-2-3-4-8-15-11-7-12-19(15)22-23-21(25)18-13-16-9-5-6-10-17(16)14-20(18)24/h5-6,9-11,13-14,24H,2-4,7-8,12H2,1H3,(H,23,25).